The number of aliphatic hydroxyl groups is 2. The summed E-state index contributed by atoms with van der Waals surface area (Å²) in [5, 5.41) is 23.7. The van der Waals surface area contributed by atoms with Gasteiger partial charge in [0.2, 0.25) is 10.0 Å². The first-order valence-corrected chi connectivity index (χ1v) is 19.1. The topological polar surface area (TPSA) is 123 Å². The van der Waals surface area contributed by atoms with E-state index < -0.39 is 27.1 Å². The number of carbonyl (C=O) groups excluding carboxylic acids is 1. The predicted octanol–water partition coefficient (Wildman–Crippen LogP) is 6.44. The molecule has 0 spiro atoms. The molecule has 0 unspecified atom stereocenters. The molecule has 10 heteroatoms. The molecule has 6 rings (SSSR count). The highest BCUT2D eigenvalue weighted by Gasteiger charge is 2.58. The Morgan fingerprint density at radius 2 is 1.64 bits per heavy atom. The maximum absolute atomic E-state index is 14.3. The summed E-state index contributed by atoms with van der Waals surface area (Å²) < 4.78 is 44.4. The normalized spacial score (nSPS) is 24.3. The van der Waals surface area contributed by atoms with Crippen molar-refractivity contribution in [2.24, 2.45) is 5.41 Å². The molecule has 1 fully saturated rings. The molecule has 3 aromatic carbocycles. The monoisotopic (exact) mass is 705 g/mol. The highest BCUT2D eigenvalue weighted by Crippen LogP contribution is 2.59. The largest absolute Gasteiger partial charge is 0.497 e. The van der Waals surface area contributed by atoms with Gasteiger partial charge in [0.05, 0.1) is 39.3 Å². The number of fused-ring (bicyclic) bond motifs is 8. The molecule has 0 aliphatic heterocycles. The third-order valence-corrected chi connectivity index (χ3v) is 12.2. The second-order valence-electron chi connectivity index (χ2n) is 14.2. The number of allylic oxidation sites excluding steroid dienone is 2. The van der Waals surface area contributed by atoms with E-state index in [1.807, 2.05) is 25.1 Å². The molecule has 0 aromatic heterocycles. The van der Waals surface area contributed by atoms with Crippen molar-refractivity contribution in [2.45, 2.75) is 83.0 Å². The summed E-state index contributed by atoms with van der Waals surface area (Å²) in [6.07, 6.45) is 6.65. The van der Waals surface area contributed by atoms with Crippen LogP contribution in [-0.4, -0.2) is 74.6 Å². The fourth-order valence-electron chi connectivity index (χ4n) is 7.85. The van der Waals surface area contributed by atoms with Gasteiger partial charge < -0.3 is 24.4 Å². The van der Waals surface area contributed by atoms with Crippen LogP contribution in [0.2, 0.25) is 0 Å². The highest BCUT2D eigenvalue weighted by molar-refractivity contribution is 7.88. The zero-order chi connectivity index (χ0) is 36.3. The number of methoxy groups -OCH3 is 3. The van der Waals surface area contributed by atoms with Crippen LogP contribution in [0.3, 0.4) is 0 Å². The van der Waals surface area contributed by atoms with Crippen LogP contribution in [0.4, 0.5) is 0 Å². The van der Waals surface area contributed by atoms with Crippen LogP contribution in [0, 0.1) is 5.41 Å². The number of carbonyl (C=O) groups is 1. The Bertz CT molecular complexity index is 1820. The molecule has 4 atom stereocenters. The molecular weight excluding hydrogens is 655 g/mol. The SMILES string of the molecule is COc1ccc(C(=O)c2cc3ccc2[C@@H]2CC[C@@](O)(CN(Cc4ccc(OC)cc4OC)S(C)(=O)=O)[C@@]2(C)CCC=C(C)CC[C@H](O)C3)cc1. The molecule has 3 aliphatic carbocycles. The Labute approximate surface area is 296 Å². The van der Waals surface area contributed by atoms with Crippen molar-refractivity contribution >= 4 is 15.8 Å². The number of aliphatic hydroxyl groups excluding tert-OH is 1. The lowest BCUT2D eigenvalue weighted by molar-refractivity contribution is -0.0731. The average molecular weight is 706 g/mol. The molecule has 1 saturated carbocycles. The van der Waals surface area contributed by atoms with Gasteiger partial charge in [-0.1, -0.05) is 36.8 Å². The first-order chi connectivity index (χ1) is 23.7. The van der Waals surface area contributed by atoms with E-state index in [1.165, 1.54) is 17.7 Å². The van der Waals surface area contributed by atoms with E-state index in [1.54, 1.807) is 56.7 Å². The minimum Gasteiger partial charge on any atom is -0.497 e. The average Bonchev–Trinajstić information content (AvgIpc) is 3.35. The van der Waals surface area contributed by atoms with Crippen LogP contribution in [0.15, 0.2) is 72.3 Å². The Morgan fingerprint density at radius 3 is 2.30 bits per heavy atom. The number of sulfonamides is 1. The lowest BCUT2D eigenvalue weighted by Crippen LogP contribution is -2.53. The molecule has 0 heterocycles. The van der Waals surface area contributed by atoms with Gasteiger partial charge in [-0.05, 0) is 105 Å². The van der Waals surface area contributed by atoms with Crippen molar-refractivity contribution in [3.63, 3.8) is 0 Å². The Hall–Kier alpha value is -3.70. The zero-order valence-electron chi connectivity index (χ0n) is 30.1. The quantitative estimate of drug-likeness (QED) is 0.183. The first kappa shape index (κ1) is 37.6. The van der Waals surface area contributed by atoms with Gasteiger partial charge in [-0.15, -0.1) is 0 Å². The van der Waals surface area contributed by atoms with Gasteiger partial charge >= 0.3 is 0 Å². The summed E-state index contributed by atoms with van der Waals surface area (Å²) >= 11 is 0. The second-order valence-corrected chi connectivity index (χ2v) is 16.2. The Morgan fingerprint density at radius 1 is 0.940 bits per heavy atom. The van der Waals surface area contributed by atoms with Crippen LogP contribution in [0.1, 0.15) is 90.9 Å². The summed E-state index contributed by atoms with van der Waals surface area (Å²) in [6.45, 7) is 3.99. The summed E-state index contributed by atoms with van der Waals surface area (Å²) in [5.74, 6) is 1.32. The van der Waals surface area contributed by atoms with E-state index in [9.17, 15) is 23.4 Å². The molecule has 3 aromatic rings. The maximum Gasteiger partial charge on any atom is 0.211 e. The van der Waals surface area contributed by atoms with E-state index in [0.717, 1.165) is 23.1 Å². The molecule has 270 valence electrons. The molecule has 3 aliphatic rings. The van der Waals surface area contributed by atoms with Crippen LogP contribution >= 0.6 is 0 Å². The summed E-state index contributed by atoms with van der Waals surface area (Å²) in [5.41, 5.74) is 2.31. The maximum atomic E-state index is 14.3. The smallest absolute Gasteiger partial charge is 0.211 e. The second kappa shape index (κ2) is 15.3. The number of hydrogen-bond donors (Lipinski definition) is 2. The number of hydrogen-bond acceptors (Lipinski definition) is 8. The van der Waals surface area contributed by atoms with Gasteiger partial charge in [0.25, 0.3) is 0 Å². The van der Waals surface area contributed by atoms with E-state index in [2.05, 4.69) is 13.0 Å². The third-order valence-electron chi connectivity index (χ3n) is 11.0. The Balaban J connectivity index is 1.60. The van der Waals surface area contributed by atoms with Crippen molar-refractivity contribution in [3.8, 4) is 17.2 Å². The lowest BCUT2D eigenvalue weighted by Gasteiger charge is -2.45. The molecule has 9 nitrogen and oxygen atoms in total. The number of nitrogens with zero attached hydrogens (tertiary/aromatic N) is 1. The first-order valence-electron chi connectivity index (χ1n) is 17.2. The number of ketones is 1. The van der Waals surface area contributed by atoms with Gasteiger partial charge in [0, 0.05) is 41.3 Å². The number of benzene rings is 3. The summed E-state index contributed by atoms with van der Waals surface area (Å²) in [4.78, 5) is 14.3. The molecule has 2 N–H and O–H groups in total. The fourth-order valence-corrected chi connectivity index (χ4v) is 8.67. The van der Waals surface area contributed by atoms with Gasteiger partial charge in [-0.3, -0.25) is 4.79 Å². The predicted molar refractivity (Wildman–Crippen MR) is 195 cm³/mol. The molecule has 2 bridgehead atoms. The van der Waals surface area contributed by atoms with E-state index in [-0.39, 0.29) is 24.8 Å². The van der Waals surface area contributed by atoms with E-state index in [0.29, 0.717) is 72.5 Å². The molecular formula is C40H51NO8S. The van der Waals surface area contributed by atoms with Crippen LogP contribution in [-0.2, 0) is 23.0 Å². The standard InChI is InChI=1S/C40H51NO8S/c1-27-8-7-20-39(2)36(19-21-40(39,44)26-41(50(6,45)46)25-30-13-17-33(48-4)24-37(30)49-5)34-18-10-28(22-31(42)14-9-27)23-35(34)38(43)29-11-15-32(47-3)16-12-29/h8,10-13,15-18,23-24,31,36,42,44H,7,9,14,19-22,25-26H2,1-6H3/t31-,36-,39-,40+/m0/s1. The zero-order valence-corrected chi connectivity index (χ0v) is 30.9. The molecule has 50 heavy (non-hydrogen) atoms. The van der Waals surface area contributed by atoms with Crippen molar-refractivity contribution in [3.05, 3.63) is 100 Å². The van der Waals surface area contributed by atoms with Crippen LogP contribution in [0.5, 0.6) is 17.2 Å². The van der Waals surface area contributed by atoms with Gasteiger partial charge in [-0.2, -0.15) is 4.31 Å². The molecule has 0 radical (unpaired) electrons. The minimum absolute atomic E-state index is 0.00625. The fraction of sp³-hybridized carbons (Fsp3) is 0.475. The highest BCUT2D eigenvalue weighted by atomic mass is 32.2. The third kappa shape index (κ3) is 7.94. The number of ether oxygens (including phenoxy) is 3. The van der Waals surface area contributed by atoms with Crippen molar-refractivity contribution in [1.82, 2.24) is 4.31 Å². The van der Waals surface area contributed by atoms with E-state index >= 15 is 0 Å². The van der Waals surface area contributed by atoms with E-state index in [4.69, 9.17) is 14.2 Å². The van der Waals surface area contributed by atoms with Crippen LogP contribution < -0.4 is 14.2 Å². The van der Waals surface area contributed by atoms with Crippen molar-refractivity contribution in [1.29, 1.82) is 0 Å². The van der Waals surface area contributed by atoms with Gasteiger partial charge in [0.1, 0.15) is 17.2 Å². The van der Waals surface area contributed by atoms with Crippen LogP contribution in [0.25, 0.3) is 0 Å². The van der Waals surface area contributed by atoms with Gasteiger partial charge in [0.15, 0.2) is 5.78 Å². The number of rotatable bonds is 10. The molecule has 0 amide bonds. The molecule has 0 saturated heterocycles. The Kier molecular flexibility index (Phi) is 11.5. The minimum atomic E-state index is -3.78. The lowest BCUT2D eigenvalue weighted by atomic mass is 9.64. The summed E-state index contributed by atoms with van der Waals surface area (Å²) in [7, 11) is 0.880. The van der Waals surface area contributed by atoms with Crippen molar-refractivity contribution in [2.75, 3.05) is 34.1 Å². The van der Waals surface area contributed by atoms with Gasteiger partial charge in [-0.25, -0.2) is 8.42 Å². The van der Waals surface area contributed by atoms with Crippen molar-refractivity contribution < 1.29 is 37.6 Å². The summed E-state index contributed by atoms with van der Waals surface area (Å²) in [6, 6.07) is 18.1.